The van der Waals surface area contributed by atoms with Crippen LogP contribution in [-0.2, 0) is 17.8 Å². The average Bonchev–Trinajstić information content (AvgIpc) is 3.28. The second-order valence-corrected chi connectivity index (χ2v) is 5.58. The fraction of sp³-hybridized carbons (Fsp3) is 0.222. The number of carbonyl (C=O) groups is 2. The third-order valence-electron chi connectivity index (χ3n) is 3.80. The van der Waals surface area contributed by atoms with Crippen molar-refractivity contribution in [3.8, 4) is 0 Å². The molecule has 2 heterocycles. The Bertz CT molecular complexity index is 839. The molecule has 0 saturated carbocycles. The van der Waals surface area contributed by atoms with E-state index in [-0.39, 0.29) is 18.5 Å². The van der Waals surface area contributed by atoms with Gasteiger partial charge in [-0.2, -0.15) is 0 Å². The van der Waals surface area contributed by atoms with Gasteiger partial charge in [0, 0.05) is 23.6 Å². The fourth-order valence-corrected chi connectivity index (χ4v) is 2.53. The van der Waals surface area contributed by atoms with E-state index in [2.05, 4.69) is 20.9 Å². The normalized spacial score (nSPS) is 10.6. The van der Waals surface area contributed by atoms with Crippen LogP contribution in [0.1, 0.15) is 11.3 Å². The molecule has 3 aromatic rings. The van der Waals surface area contributed by atoms with Gasteiger partial charge in [0.15, 0.2) is 0 Å². The summed E-state index contributed by atoms with van der Waals surface area (Å²) in [7, 11) is 0. The summed E-state index contributed by atoms with van der Waals surface area (Å²) in [5.74, 6) is 0.389. The number of hydrogen-bond donors (Lipinski definition) is 4. The van der Waals surface area contributed by atoms with Crippen molar-refractivity contribution in [2.24, 2.45) is 0 Å². The van der Waals surface area contributed by atoms with Crippen LogP contribution >= 0.6 is 0 Å². The van der Waals surface area contributed by atoms with Gasteiger partial charge in [0.1, 0.15) is 5.76 Å². The number of rotatable bonds is 7. The maximum absolute atomic E-state index is 11.7. The maximum atomic E-state index is 11.7. The van der Waals surface area contributed by atoms with E-state index in [0.717, 1.165) is 16.5 Å². The highest BCUT2D eigenvalue weighted by molar-refractivity contribution is 5.84. The Morgan fingerprint density at radius 3 is 2.76 bits per heavy atom. The number of furan rings is 1. The third kappa shape index (κ3) is 4.63. The van der Waals surface area contributed by atoms with Crippen molar-refractivity contribution in [3.63, 3.8) is 0 Å². The number of benzene rings is 1. The van der Waals surface area contributed by atoms with E-state index in [0.29, 0.717) is 25.3 Å². The van der Waals surface area contributed by atoms with Crippen LogP contribution in [0.2, 0.25) is 0 Å². The van der Waals surface area contributed by atoms with E-state index >= 15 is 0 Å². The van der Waals surface area contributed by atoms with Crippen LogP contribution in [-0.4, -0.2) is 30.0 Å². The molecule has 0 spiro atoms. The molecule has 25 heavy (non-hydrogen) atoms. The van der Waals surface area contributed by atoms with Crippen molar-refractivity contribution in [2.45, 2.75) is 13.0 Å². The number of H-pyrrole nitrogens is 1. The first-order chi connectivity index (χ1) is 12.2. The van der Waals surface area contributed by atoms with Gasteiger partial charge in [0.05, 0.1) is 19.4 Å². The van der Waals surface area contributed by atoms with E-state index in [9.17, 15) is 9.59 Å². The fourth-order valence-electron chi connectivity index (χ4n) is 2.53. The molecule has 0 aliphatic carbocycles. The third-order valence-corrected chi connectivity index (χ3v) is 3.80. The van der Waals surface area contributed by atoms with Gasteiger partial charge in [-0.25, -0.2) is 4.79 Å². The summed E-state index contributed by atoms with van der Waals surface area (Å²) in [5.41, 5.74) is 2.22. The number of carbonyl (C=O) groups excluding carboxylic acids is 2. The van der Waals surface area contributed by atoms with Crippen molar-refractivity contribution < 1.29 is 14.0 Å². The van der Waals surface area contributed by atoms with Crippen LogP contribution in [0.5, 0.6) is 0 Å². The summed E-state index contributed by atoms with van der Waals surface area (Å²) < 4.78 is 5.11. The number of amides is 3. The van der Waals surface area contributed by atoms with Gasteiger partial charge in [-0.3, -0.25) is 4.79 Å². The highest BCUT2D eigenvalue weighted by atomic mass is 16.3. The first-order valence-corrected chi connectivity index (χ1v) is 8.08. The second kappa shape index (κ2) is 8.05. The quantitative estimate of drug-likeness (QED) is 0.529. The first kappa shape index (κ1) is 16.6. The van der Waals surface area contributed by atoms with Crippen LogP contribution in [0.15, 0.2) is 53.3 Å². The van der Waals surface area contributed by atoms with Gasteiger partial charge in [-0.1, -0.05) is 18.2 Å². The molecule has 0 saturated heterocycles. The van der Waals surface area contributed by atoms with E-state index < -0.39 is 0 Å². The Morgan fingerprint density at radius 2 is 1.92 bits per heavy atom. The highest BCUT2D eigenvalue weighted by Gasteiger charge is 2.07. The molecule has 3 rings (SSSR count). The summed E-state index contributed by atoms with van der Waals surface area (Å²) in [4.78, 5) is 26.6. The molecule has 0 unspecified atom stereocenters. The van der Waals surface area contributed by atoms with E-state index in [1.165, 1.54) is 0 Å². The summed E-state index contributed by atoms with van der Waals surface area (Å²) in [6.45, 7) is 0.705. The van der Waals surface area contributed by atoms with Crippen molar-refractivity contribution in [1.82, 2.24) is 20.9 Å². The van der Waals surface area contributed by atoms with Crippen molar-refractivity contribution >= 4 is 22.8 Å². The predicted octanol–water partition coefficient (Wildman–Crippen LogP) is 1.92. The van der Waals surface area contributed by atoms with Crippen LogP contribution in [0, 0.1) is 0 Å². The molecule has 7 nitrogen and oxygen atoms in total. The first-order valence-electron chi connectivity index (χ1n) is 8.08. The Balaban J connectivity index is 1.34. The Labute approximate surface area is 144 Å². The smallest absolute Gasteiger partial charge is 0.315 e. The number of nitrogens with one attached hydrogen (secondary N) is 4. The predicted molar refractivity (Wildman–Crippen MR) is 94.0 cm³/mol. The van der Waals surface area contributed by atoms with Crippen LogP contribution in [0.4, 0.5) is 4.79 Å². The van der Waals surface area contributed by atoms with Gasteiger partial charge < -0.3 is 25.4 Å². The summed E-state index contributed by atoms with van der Waals surface area (Å²) >= 11 is 0. The number of para-hydroxylation sites is 1. The standard InChI is InChI=1S/C18H20N4O3/c23-17(21-11-14-4-3-9-25-14)12-22-18(24)19-8-7-13-10-20-16-6-2-1-5-15(13)16/h1-6,9-10,20H,7-8,11-12H2,(H,21,23)(H2,19,22,24). The molecule has 7 heteroatoms. The molecule has 0 radical (unpaired) electrons. The minimum absolute atomic E-state index is 0.0837. The molecule has 3 amide bonds. The zero-order chi connectivity index (χ0) is 17.5. The van der Waals surface area contributed by atoms with Gasteiger partial charge in [-0.15, -0.1) is 0 Å². The van der Waals surface area contributed by atoms with Gasteiger partial charge in [-0.05, 0) is 30.2 Å². The highest BCUT2D eigenvalue weighted by Crippen LogP contribution is 2.17. The van der Waals surface area contributed by atoms with Gasteiger partial charge >= 0.3 is 6.03 Å². The van der Waals surface area contributed by atoms with E-state index in [1.807, 2.05) is 30.5 Å². The van der Waals surface area contributed by atoms with Crippen LogP contribution < -0.4 is 16.0 Å². The molecule has 0 fully saturated rings. The molecule has 0 bridgehead atoms. The molecule has 0 aliphatic rings. The lowest BCUT2D eigenvalue weighted by Crippen LogP contribution is -2.42. The van der Waals surface area contributed by atoms with E-state index in [4.69, 9.17) is 4.42 Å². The summed E-state index contributed by atoms with van der Waals surface area (Å²) in [5, 5.41) is 9.09. The lowest BCUT2D eigenvalue weighted by molar-refractivity contribution is -0.120. The summed E-state index contributed by atoms with van der Waals surface area (Å²) in [6, 6.07) is 11.2. The topological polar surface area (TPSA) is 99.2 Å². The molecule has 130 valence electrons. The zero-order valence-corrected chi connectivity index (χ0v) is 13.7. The molecule has 0 atom stereocenters. The van der Waals surface area contributed by atoms with Gasteiger partial charge in [0.25, 0.3) is 0 Å². The summed E-state index contributed by atoms with van der Waals surface area (Å²) in [6.07, 6.45) is 4.20. The number of hydrogen-bond acceptors (Lipinski definition) is 3. The molecule has 0 aliphatic heterocycles. The second-order valence-electron chi connectivity index (χ2n) is 5.58. The minimum Gasteiger partial charge on any atom is -0.467 e. The van der Waals surface area contributed by atoms with Gasteiger partial charge in [0.2, 0.25) is 5.91 Å². The molecule has 2 aromatic heterocycles. The Hall–Kier alpha value is -3.22. The lowest BCUT2D eigenvalue weighted by atomic mass is 10.1. The average molecular weight is 340 g/mol. The Morgan fingerprint density at radius 1 is 1.04 bits per heavy atom. The van der Waals surface area contributed by atoms with Crippen molar-refractivity contribution in [1.29, 1.82) is 0 Å². The monoisotopic (exact) mass is 340 g/mol. The number of aromatic nitrogens is 1. The van der Waals surface area contributed by atoms with E-state index in [1.54, 1.807) is 18.4 Å². The lowest BCUT2D eigenvalue weighted by Gasteiger charge is -2.07. The largest absolute Gasteiger partial charge is 0.467 e. The maximum Gasteiger partial charge on any atom is 0.315 e. The van der Waals surface area contributed by atoms with Crippen LogP contribution in [0.25, 0.3) is 10.9 Å². The number of urea groups is 1. The molecular weight excluding hydrogens is 320 g/mol. The molecular formula is C18H20N4O3. The van der Waals surface area contributed by atoms with Crippen molar-refractivity contribution in [2.75, 3.05) is 13.1 Å². The minimum atomic E-state index is -0.368. The number of aromatic amines is 1. The molecule has 4 N–H and O–H groups in total. The van der Waals surface area contributed by atoms with Crippen LogP contribution in [0.3, 0.4) is 0 Å². The molecule has 1 aromatic carbocycles. The SMILES string of the molecule is O=C(CNC(=O)NCCc1c[nH]c2ccccc12)NCc1ccco1. The Kier molecular flexibility index (Phi) is 5.36. The number of fused-ring (bicyclic) bond motifs is 1. The van der Waals surface area contributed by atoms with Crippen molar-refractivity contribution in [3.05, 3.63) is 60.2 Å². The zero-order valence-electron chi connectivity index (χ0n) is 13.7.